The normalized spacial score (nSPS) is 11.0. The molecule has 0 spiro atoms. The molecular weight excluding hydrogens is 336 g/mol. The van der Waals surface area contributed by atoms with E-state index in [1.165, 1.54) is 16.7 Å². The van der Waals surface area contributed by atoms with Gasteiger partial charge < -0.3 is 4.52 Å². The van der Waals surface area contributed by atoms with Crippen molar-refractivity contribution in [2.75, 3.05) is 7.05 Å². The zero-order valence-electron chi connectivity index (χ0n) is 15.1. The molecule has 134 valence electrons. The van der Waals surface area contributed by atoms with E-state index < -0.39 is 0 Å². The maximum absolute atomic E-state index is 5.37. The van der Waals surface area contributed by atoms with Crippen molar-refractivity contribution in [3.8, 4) is 22.5 Å². The third kappa shape index (κ3) is 4.27. The van der Waals surface area contributed by atoms with Crippen LogP contribution >= 0.6 is 0 Å². The van der Waals surface area contributed by atoms with E-state index in [2.05, 4.69) is 68.6 Å². The highest BCUT2D eigenvalue weighted by atomic mass is 16.5. The lowest BCUT2D eigenvalue weighted by molar-refractivity contribution is 0.261. The standard InChI is InChI=1S/C22H20N4O/c1-26(16-21-24-22(25-27-21)20-8-5-13-23-14-20)15-17-9-11-19(12-10-17)18-6-3-2-4-7-18/h2-14H,15-16H2,1H3. The summed E-state index contributed by atoms with van der Waals surface area (Å²) in [5.41, 5.74) is 4.54. The summed E-state index contributed by atoms with van der Waals surface area (Å²) < 4.78 is 5.37. The fourth-order valence-corrected chi connectivity index (χ4v) is 2.96. The first-order chi connectivity index (χ1) is 13.3. The van der Waals surface area contributed by atoms with E-state index in [1.807, 2.05) is 25.2 Å². The van der Waals surface area contributed by atoms with E-state index in [0.29, 0.717) is 18.3 Å². The van der Waals surface area contributed by atoms with E-state index in [1.54, 1.807) is 12.4 Å². The molecule has 0 radical (unpaired) electrons. The molecule has 2 aromatic heterocycles. The Balaban J connectivity index is 1.38. The summed E-state index contributed by atoms with van der Waals surface area (Å²) in [7, 11) is 2.04. The molecule has 0 unspecified atom stereocenters. The highest BCUT2D eigenvalue weighted by Gasteiger charge is 2.11. The summed E-state index contributed by atoms with van der Waals surface area (Å²) in [4.78, 5) is 10.7. The number of pyridine rings is 1. The van der Waals surface area contributed by atoms with Crippen LogP contribution in [0.3, 0.4) is 0 Å². The molecule has 5 heteroatoms. The minimum absolute atomic E-state index is 0.568. The average Bonchev–Trinajstić information content (AvgIpc) is 3.18. The highest BCUT2D eigenvalue weighted by molar-refractivity contribution is 5.63. The first-order valence-electron chi connectivity index (χ1n) is 8.84. The van der Waals surface area contributed by atoms with Crippen LogP contribution in [-0.2, 0) is 13.1 Å². The summed E-state index contributed by atoms with van der Waals surface area (Å²) in [5, 5.41) is 4.04. The Hall–Kier alpha value is -3.31. The van der Waals surface area contributed by atoms with Gasteiger partial charge in [-0.05, 0) is 35.9 Å². The van der Waals surface area contributed by atoms with Gasteiger partial charge in [0.05, 0.1) is 6.54 Å². The maximum Gasteiger partial charge on any atom is 0.241 e. The van der Waals surface area contributed by atoms with Gasteiger partial charge in [-0.1, -0.05) is 59.8 Å². The molecule has 2 aromatic carbocycles. The van der Waals surface area contributed by atoms with Crippen LogP contribution in [0.1, 0.15) is 11.5 Å². The maximum atomic E-state index is 5.37. The second-order valence-electron chi connectivity index (χ2n) is 6.49. The van der Waals surface area contributed by atoms with Gasteiger partial charge in [0, 0.05) is 24.5 Å². The van der Waals surface area contributed by atoms with Crippen molar-refractivity contribution in [1.82, 2.24) is 20.0 Å². The van der Waals surface area contributed by atoms with Crippen LogP contribution in [0, 0.1) is 0 Å². The first-order valence-corrected chi connectivity index (χ1v) is 8.84. The summed E-state index contributed by atoms with van der Waals surface area (Å²) >= 11 is 0. The van der Waals surface area contributed by atoms with Crippen LogP contribution in [0.5, 0.6) is 0 Å². The molecule has 0 aliphatic carbocycles. The fraction of sp³-hybridized carbons (Fsp3) is 0.136. The minimum Gasteiger partial charge on any atom is -0.338 e. The predicted octanol–water partition coefficient (Wildman–Crippen LogP) is 4.43. The molecule has 2 heterocycles. The number of hydrogen-bond donors (Lipinski definition) is 0. The summed E-state index contributed by atoms with van der Waals surface area (Å²) in [5.74, 6) is 1.16. The molecule has 0 atom stereocenters. The van der Waals surface area contributed by atoms with Gasteiger partial charge in [-0.25, -0.2) is 0 Å². The number of aromatic nitrogens is 3. The van der Waals surface area contributed by atoms with Gasteiger partial charge in [0.25, 0.3) is 0 Å². The van der Waals surface area contributed by atoms with Crippen molar-refractivity contribution in [1.29, 1.82) is 0 Å². The van der Waals surface area contributed by atoms with E-state index in [-0.39, 0.29) is 0 Å². The molecule has 0 fully saturated rings. The second-order valence-corrected chi connectivity index (χ2v) is 6.49. The van der Waals surface area contributed by atoms with E-state index in [0.717, 1.165) is 12.1 Å². The van der Waals surface area contributed by atoms with Gasteiger partial charge in [0.15, 0.2) is 0 Å². The summed E-state index contributed by atoms with van der Waals surface area (Å²) in [6.45, 7) is 1.40. The summed E-state index contributed by atoms with van der Waals surface area (Å²) in [6.07, 6.45) is 3.45. The Kier molecular flexibility index (Phi) is 5.03. The fourth-order valence-electron chi connectivity index (χ4n) is 2.96. The second kappa shape index (κ2) is 7.93. The Morgan fingerprint density at radius 1 is 0.815 bits per heavy atom. The SMILES string of the molecule is CN(Cc1ccc(-c2ccccc2)cc1)Cc1nc(-c2cccnc2)no1. The lowest BCUT2D eigenvalue weighted by atomic mass is 10.0. The van der Waals surface area contributed by atoms with Gasteiger partial charge in [0.1, 0.15) is 0 Å². The van der Waals surface area contributed by atoms with Crippen molar-refractivity contribution in [2.45, 2.75) is 13.1 Å². The molecular formula is C22H20N4O. The monoisotopic (exact) mass is 356 g/mol. The van der Waals surface area contributed by atoms with Crippen LogP contribution in [0.4, 0.5) is 0 Å². The Morgan fingerprint density at radius 3 is 2.30 bits per heavy atom. The van der Waals surface area contributed by atoms with Crippen LogP contribution in [-0.4, -0.2) is 27.1 Å². The topological polar surface area (TPSA) is 55.1 Å². The van der Waals surface area contributed by atoms with Gasteiger partial charge in [-0.2, -0.15) is 4.98 Å². The quantitative estimate of drug-likeness (QED) is 0.511. The third-order valence-electron chi connectivity index (χ3n) is 4.31. The van der Waals surface area contributed by atoms with Gasteiger partial charge >= 0.3 is 0 Å². The van der Waals surface area contributed by atoms with Gasteiger partial charge in [-0.15, -0.1) is 0 Å². The van der Waals surface area contributed by atoms with E-state index in [9.17, 15) is 0 Å². The summed E-state index contributed by atoms with van der Waals surface area (Å²) in [6, 6.07) is 22.8. The molecule has 0 bridgehead atoms. The third-order valence-corrected chi connectivity index (χ3v) is 4.31. The molecule has 5 nitrogen and oxygen atoms in total. The molecule has 0 aliphatic heterocycles. The largest absolute Gasteiger partial charge is 0.338 e. The zero-order chi connectivity index (χ0) is 18.5. The molecule has 0 amide bonds. The molecule has 0 saturated carbocycles. The Bertz CT molecular complexity index is 982. The number of benzene rings is 2. The lowest BCUT2D eigenvalue weighted by Gasteiger charge is -2.14. The Morgan fingerprint density at radius 2 is 1.56 bits per heavy atom. The van der Waals surface area contributed by atoms with Gasteiger partial charge in [0.2, 0.25) is 11.7 Å². The zero-order valence-corrected chi connectivity index (χ0v) is 15.1. The van der Waals surface area contributed by atoms with Crippen molar-refractivity contribution in [3.05, 3.63) is 90.6 Å². The first kappa shape index (κ1) is 17.1. The van der Waals surface area contributed by atoms with Crippen LogP contribution < -0.4 is 0 Å². The molecule has 4 rings (SSSR count). The van der Waals surface area contributed by atoms with Crippen molar-refractivity contribution < 1.29 is 4.52 Å². The van der Waals surface area contributed by atoms with Crippen LogP contribution in [0.2, 0.25) is 0 Å². The Labute approximate surface area is 158 Å². The van der Waals surface area contributed by atoms with Crippen molar-refractivity contribution in [2.24, 2.45) is 0 Å². The van der Waals surface area contributed by atoms with Crippen molar-refractivity contribution >= 4 is 0 Å². The highest BCUT2D eigenvalue weighted by Crippen LogP contribution is 2.20. The molecule has 0 N–H and O–H groups in total. The lowest BCUT2D eigenvalue weighted by Crippen LogP contribution is -2.17. The smallest absolute Gasteiger partial charge is 0.241 e. The number of rotatable bonds is 6. The minimum atomic E-state index is 0.568. The predicted molar refractivity (Wildman–Crippen MR) is 105 cm³/mol. The van der Waals surface area contributed by atoms with Crippen molar-refractivity contribution in [3.63, 3.8) is 0 Å². The van der Waals surface area contributed by atoms with Gasteiger partial charge in [-0.3, -0.25) is 9.88 Å². The van der Waals surface area contributed by atoms with Crippen LogP contribution in [0.15, 0.2) is 83.6 Å². The molecule has 0 saturated heterocycles. The van der Waals surface area contributed by atoms with E-state index in [4.69, 9.17) is 4.52 Å². The van der Waals surface area contributed by atoms with Crippen LogP contribution in [0.25, 0.3) is 22.5 Å². The number of hydrogen-bond acceptors (Lipinski definition) is 5. The van der Waals surface area contributed by atoms with E-state index >= 15 is 0 Å². The molecule has 27 heavy (non-hydrogen) atoms. The molecule has 4 aromatic rings. The number of nitrogens with zero attached hydrogens (tertiary/aromatic N) is 4. The molecule has 0 aliphatic rings. The average molecular weight is 356 g/mol.